The van der Waals surface area contributed by atoms with Gasteiger partial charge in [0.05, 0.1) is 10.8 Å². The minimum Gasteiger partial charge on any atom is -0.479 e. The number of esters is 1. The Balaban J connectivity index is 1.93. The maximum absolute atomic E-state index is 12.4. The van der Waals surface area contributed by atoms with Crippen LogP contribution >= 0.6 is 23.6 Å². The summed E-state index contributed by atoms with van der Waals surface area (Å²) in [6.45, 7) is 0.779. The van der Waals surface area contributed by atoms with Gasteiger partial charge >= 0.3 is 11.9 Å². The summed E-state index contributed by atoms with van der Waals surface area (Å²) in [5.41, 5.74) is 0.581. The van der Waals surface area contributed by atoms with Crippen molar-refractivity contribution in [3.63, 3.8) is 0 Å². The van der Waals surface area contributed by atoms with Crippen LogP contribution in [-0.4, -0.2) is 41.1 Å². The molecule has 1 aromatic heterocycles. The smallest absolute Gasteiger partial charge is 0.341 e. The monoisotopic (exact) mass is 392 g/mol. The van der Waals surface area contributed by atoms with Crippen LogP contribution in [0.3, 0.4) is 0 Å². The number of rotatable bonds is 8. The van der Waals surface area contributed by atoms with Crippen molar-refractivity contribution in [3.8, 4) is 0 Å². The highest BCUT2D eigenvalue weighted by molar-refractivity contribution is 7.80. The third-order valence-corrected chi connectivity index (χ3v) is 4.86. The molecule has 26 heavy (non-hydrogen) atoms. The predicted molar refractivity (Wildman–Crippen MR) is 99.8 cm³/mol. The van der Waals surface area contributed by atoms with Crippen LogP contribution in [0.25, 0.3) is 0 Å². The fourth-order valence-corrected chi connectivity index (χ4v) is 3.12. The van der Waals surface area contributed by atoms with Crippen LogP contribution in [0, 0.1) is 0 Å². The molecule has 0 aliphatic rings. The molecule has 2 rings (SSSR count). The predicted octanol–water partition coefficient (Wildman–Crippen LogP) is 3.05. The second kappa shape index (κ2) is 9.21. The first-order chi connectivity index (χ1) is 12.4. The van der Waals surface area contributed by atoms with Crippen molar-refractivity contribution in [2.24, 2.45) is 0 Å². The van der Waals surface area contributed by atoms with Gasteiger partial charge in [0.1, 0.15) is 0 Å². The number of aliphatic carboxylic acids is 1. The Morgan fingerprint density at radius 1 is 1.08 bits per heavy atom. The van der Waals surface area contributed by atoms with E-state index < -0.39 is 24.5 Å². The van der Waals surface area contributed by atoms with Gasteiger partial charge in [-0.15, -0.1) is 11.3 Å². The first-order valence-electron chi connectivity index (χ1n) is 7.62. The summed E-state index contributed by atoms with van der Waals surface area (Å²) >= 11 is 6.01. The maximum atomic E-state index is 12.4. The van der Waals surface area contributed by atoms with E-state index >= 15 is 0 Å². The van der Waals surface area contributed by atoms with E-state index in [1.807, 2.05) is 6.07 Å². The third kappa shape index (κ3) is 5.47. The molecular formula is C18H16O6S2. The van der Waals surface area contributed by atoms with E-state index in [-0.39, 0.29) is 17.4 Å². The van der Waals surface area contributed by atoms with Crippen LogP contribution in [0.15, 0.2) is 42.5 Å². The number of ether oxygens (including phenoxy) is 2. The molecule has 8 heteroatoms. The summed E-state index contributed by atoms with van der Waals surface area (Å²) in [6.07, 6.45) is 0. The lowest BCUT2D eigenvalue weighted by molar-refractivity contribution is -0.143. The summed E-state index contributed by atoms with van der Waals surface area (Å²) in [6, 6.07) is 12.3. The molecule has 6 nitrogen and oxygen atoms in total. The third-order valence-electron chi connectivity index (χ3n) is 3.36. The van der Waals surface area contributed by atoms with Crippen molar-refractivity contribution in [1.29, 1.82) is 0 Å². The van der Waals surface area contributed by atoms with E-state index in [0.717, 1.165) is 0 Å². The zero-order valence-electron chi connectivity index (χ0n) is 13.8. The Morgan fingerprint density at radius 3 is 2.42 bits per heavy atom. The molecule has 136 valence electrons. The summed E-state index contributed by atoms with van der Waals surface area (Å²) in [4.78, 5) is 36.1. The highest BCUT2D eigenvalue weighted by Crippen LogP contribution is 2.27. The standard InChI is InChI=1S/C18H16O6S2/c1-11(18(22)24-10-16(25)23-9-15(19)20)13-7-8-14(26-13)17(21)12-5-3-2-4-6-12/h2-8,11H,9-10H2,1H3,(H,19,20). The van der Waals surface area contributed by atoms with Crippen LogP contribution in [-0.2, 0) is 19.1 Å². The van der Waals surface area contributed by atoms with Crippen LogP contribution in [0.2, 0.25) is 0 Å². The van der Waals surface area contributed by atoms with Gasteiger partial charge in [0, 0.05) is 10.4 Å². The van der Waals surface area contributed by atoms with Gasteiger partial charge in [-0.1, -0.05) is 30.3 Å². The van der Waals surface area contributed by atoms with Crippen molar-refractivity contribution in [2.75, 3.05) is 13.2 Å². The molecule has 1 aromatic carbocycles. The van der Waals surface area contributed by atoms with Crippen molar-refractivity contribution in [3.05, 3.63) is 57.8 Å². The first-order valence-corrected chi connectivity index (χ1v) is 8.84. The van der Waals surface area contributed by atoms with Gasteiger partial charge in [0.15, 0.2) is 18.3 Å². The molecule has 1 N–H and O–H groups in total. The summed E-state index contributed by atoms with van der Waals surface area (Å²) in [5, 5.41) is 8.38. The molecule has 0 saturated heterocycles. The zero-order valence-corrected chi connectivity index (χ0v) is 15.5. The largest absolute Gasteiger partial charge is 0.479 e. The van der Waals surface area contributed by atoms with E-state index in [1.165, 1.54) is 11.3 Å². The van der Waals surface area contributed by atoms with Gasteiger partial charge in [0.2, 0.25) is 5.78 Å². The van der Waals surface area contributed by atoms with Crippen LogP contribution < -0.4 is 0 Å². The zero-order chi connectivity index (χ0) is 19.1. The molecule has 0 spiro atoms. The lowest BCUT2D eigenvalue weighted by Gasteiger charge is -2.10. The molecular weight excluding hydrogens is 376 g/mol. The van der Waals surface area contributed by atoms with Crippen molar-refractivity contribution in [1.82, 2.24) is 0 Å². The van der Waals surface area contributed by atoms with Gasteiger partial charge < -0.3 is 14.6 Å². The first kappa shape index (κ1) is 19.7. The molecule has 0 radical (unpaired) electrons. The molecule has 0 aliphatic carbocycles. The van der Waals surface area contributed by atoms with Crippen LogP contribution in [0.1, 0.15) is 33.0 Å². The topological polar surface area (TPSA) is 89.9 Å². The molecule has 1 atom stereocenters. The maximum Gasteiger partial charge on any atom is 0.341 e. The van der Waals surface area contributed by atoms with E-state index in [4.69, 9.17) is 26.8 Å². The van der Waals surface area contributed by atoms with Gasteiger partial charge in [-0.2, -0.15) is 0 Å². The van der Waals surface area contributed by atoms with Gasteiger partial charge in [-0.05, 0) is 31.3 Å². The second-order valence-electron chi connectivity index (χ2n) is 5.28. The Labute approximate surface area is 159 Å². The Kier molecular flexibility index (Phi) is 6.99. The number of carboxylic acids is 1. The molecule has 1 unspecified atom stereocenters. The Bertz CT molecular complexity index is 812. The molecule has 0 bridgehead atoms. The number of hydrogen-bond acceptors (Lipinski definition) is 7. The number of carbonyl (C=O) groups excluding carboxylic acids is 2. The van der Waals surface area contributed by atoms with Gasteiger partial charge in [-0.3, -0.25) is 9.59 Å². The number of carbonyl (C=O) groups is 3. The number of thiophene rings is 1. The highest BCUT2D eigenvalue weighted by atomic mass is 32.1. The number of benzene rings is 1. The Hall–Kier alpha value is -2.58. The SMILES string of the molecule is CC(C(=O)OCC(=S)OCC(=O)O)c1ccc(C(=O)c2ccccc2)s1. The average Bonchev–Trinajstić information content (AvgIpc) is 3.13. The van der Waals surface area contributed by atoms with E-state index in [2.05, 4.69) is 0 Å². The summed E-state index contributed by atoms with van der Waals surface area (Å²) in [7, 11) is 0. The van der Waals surface area contributed by atoms with E-state index in [1.54, 1.807) is 43.3 Å². The van der Waals surface area contributed by atoms with Crippen molar-refractivity contribution < 1.29 is 29.0 Å². The fourth-order valence-electron chi connectivity index (χ4n) is 1.99. The molecule has 0 fully saturated rings. The lowest BCUT2D eigenvalue weighted by atomic mass is 10.1. The van der Waals surface area contributed by atoms with Gasteiger partial charge in [0.25, 0.3) is 0 Å². The Morgan fingerprint density at radius 2 is 1.77 bits per heavy atom. The molecule has 0 amide bonds. The molecule has 0 aliphatic heterocycles. The van der Waals surface area contributed by atoms with Crippen LogP contribution in [0.5, 0.6) is 0 Å². The van der Waals surface area contributed by atoms with Crippen molar-refractivity contribution >= 4 is 46.3 Å². The normalized spacial score (nSPS) is 11.4. The average molecular weight is 392 g/mol. The van der Waals surface area contributed by atoms with Gasteiger partial charge in [-0.25, -0.2) is 4.79 Å². The number of carboxylic acid groups (broad SMARTS) is 1. The molecule has 0 saturated carbocycles. The second-order valence-corrected chi connectivity index (χ2v) is 6.85. The van der Waals surface area contributed by atoms with Crippen LogP contribution in [0.4, 0.5) is 0 Å². The summed E-state index contributed by atoms with van der Waals surface area (Å²) in [5.74, 6) is -2.39. The lowest BCUT2D eigenvalue weighted by Crippen LogP contribution is -2.20. The number of thiocarbonyl (C=S) groups is 1. The number of hydrogen-bond donors (Lipinski definition) is 1. The highest BCUT2D eigenvalue weighted by Gasteiger charge is 2.21. The molecule has 1 heterocycles. The van der Waals surface area contributed by atoms with Crippen molar-refractivity contribution in [2.45, 2.75) is 12.8 Å². The number of ketones is 1. The minimum absolute atomic E-state index is 0.106. The van der Waals surface area contributed by atoms with E-state index in [9.17, 15) is 14.4 Å². The van der Waals surface area contributed by atoms with E-state index in [0.29, 0.717) is 15.3 Å². The minimum atomic E-state index is -1.17. The quantitative estimate of drug-likeness (QED) is 0.419. The molecule has 2 aromatic rings. The summed E-state index contributed by atoms with van der Waals surface area (Å²) < 4.78 is 9.77. The fraction of sp³-hybridized carbons (Fsp3) is 0.222.